The molecule has 1 aliphatic rings. The second-order valence-corrected chi connectivity index (χ2v) is 7.13. The summed E-state index contributed by atoms with van der Waals surface area (Å²) in [7, 11) is 0. The number of carbonyl (C=O) groups is 1. The Balaban J connectivity index is 1.62. The van der Waals surface area contributed by atoms with E-state index in [-0.39, 0.29) is 11.9 Å². The van der Waals surface area contributed by atoms with Crippen LogP contribution in [-0.2, 0) is 0 Å². The van der Waals surface area contributed by atoms with Gasteiger partial charge in [0.05, 0.1) is 5.69 Å². The molecule has 1 aliphatic heterocycles. The van der Waals surface area contributed by atoms with Crippen LogP contribution in [-0.4, -0.2) is 25.0 Å². The third kappa shape index (κ3) is 3.52. The van der Waals surface area contributed by atoms with Crippen molar-refractivity contribution in [1.82, 2.24) is 5.32 Å². The van der Waals surface area contributed by atoms with E-state index in [9.17, 15) is 4.79 Å². The van der Waals surface area contributed by atoms with E-state index in [1.165, 1.54) is 5.69 Å². The monoisotopic (exact) mass is 422 g/mol. The van der Waals surface area contributed by atoms with Crippen LogP contribution in [0, 0.1) is 0 Å². The Morgan fingerprint density at radius 1 is 1.09 bits per heavy atom. The molecule has 1 amide bonds. The van der Waals surface area contributed by atoms with E-state index in [0.717, 1.165) is 28.5 Å². The van der Waals surface area contributed by atoms with Crippen LogP contribution in [0.15, 0.2) is 57.5 Å². The molecule has 114 valence electrons. The van der Waals surface area contributed by atoms with Crippen molar-refractivity contribution < 1.29 is 4.79 Å². The maximum atomic E-state index is 12.3. The lowest BCUT2D eigenvalue weighted by atomic mass is 10.2. The average Bonchev–Trinajstić information content (AvgIpc) is 2.96. The molecule has 0 bridgehead atoms. The van der Waals surface area contributed by atoms with Crippen LogP contribution in [0.25, 0.3) is 0 Å². The molecule has 0 aliphatic carbocycles. The van der Waals surface area contributed by atoms with E-state index in [4.69, 9.17) is 0 Å². The van der Waals surface area contributed by atoms with Gasteiger partial charge in [-0.3, -0.25) is 4.79 Å². The van der Waals surface area contributed by atoms with Gasteiger partial charge in [0.2, 0.25) is 0 Å². The molecule has 2 aromatic rings. The van der Waals surface area contributed by atoms with Gasteiger partial charge in [0.25, 0.3) is 5.91 Å². The smallest absolute Gasteiger partial charge is 0.251 e. The number of halogens is 2. The van der Waals surface area contributed by atoms with Gasteiger partial charge in [-0.2, -0.15) is 0 Å². The van der Waals surface area contributed by atoms with Crippen LogP contribution in [0.1, 0.15) is 16.8 Å². The fourth-order valence-corrected chi connectivity index (χ4v) is 3.47. The molecule has 0 saturated carbocycles. The quantitative estimate of drug-likeness (QED) is 0.801. The lowest BCUT2D eigenvalue weighted by Crippen LogP contribution is -2.37. The van der Waals surface area contributed by atoms with E-state index >= 15 is 0 Å². The molecule has 1 N–H and O–H groups in total. The largest absolute Gasteiger partial charge is 0.368 e. The predicted molar refractivity (Wildman–Crippen MR) is 96.4 cm³/mol. The summed E-state index contributed by atoms with van der Waals surface area (Å²) in [5.74, 6) is -0.00789. The molecular formula is C17H16Br2N2O. The third-order valence-corrected chi connectivity index (χ3v) is 5.02. The number of hydrogen-bond acceptors (Lipinski definition) is 2. The van der Waals surface area contributed by atoms with Crippen molar-refractivity contribution in [2.45, 2.75) is 12.5 Å². The highest BCUT2D eigenvalue weighted by Gasteiger charge is 2.25. The van der Waals surface area contributed by atoms with Crippen molar-refractivity contribution in [3.05, 3.63) is 63.0 Å². The van der Waals surface area contributed by atoms with Gasteiger partial charge in [-0.25, -0.2) is 0 Å². The molecule has 0 spiro atoms. The van der Waals surface area contributed by atoms with E-state index in [2.05, 4.69) is 48.1 Å². The molecule has 3 nitrogen and oxygen atoms in total. The molecule has 2 aromatic carbocycles. The number of anilines is 1. The van der Waals surface area contributed by atoms with Gasteiger partial charge < -0.3 is 10.2 Å². The van der Waals surface area contributed by atoms with Crippen LogP contribution < -0.4 is 10.2 Å². The first-order chi connectivity index (χ1) is 10.6. The van der Waals surface area contributed by atoms with Crippen molar-refractivity contribution in [1.29, 1.82) is 0 Å². The Morgan fingerprint density at radius 2 is 1.82 bits per heavy atom. The first kappa shape index (κ1) is 15.6. The normalized spacial score (nSPS) is 17.5. The highest BCUT2D eigenvalue weighted by atomic mass is 79.9. The van der Waals surface area contributed by atoms with E-state index in [0.29, 0.717) is 5.56 Å². The summed E-state index contributed by atoms with van der Waals surface area (Å²) in [5, 5.41) is 3.12. The minimum absolute atomic E-state index is 0.00789. The Morgan fingerprint density at radius 3 is 2.55 bits per heavy atom. The van der Waals surface area contributed by atoms with E-state index in [1.807, 2.05) is 42.5 Å². The zero-order valence-electron chi connectivity index (χ0n) is 11.9. The fraction of sp³-hybridized carbons (Fsp3) is 0.235. The first-order valence-electron chi connectivity index (χ1n) is 7.19. The topological polar surface area (TPSA) is 32.3 Å². The maximum absolute atomic E-state index is 12.3. The molecule has 5 heteroatoms. The zero-order chi connectivity index (χ0) is 15.5. The predicted octanol–water partition coefficient (Wildman–Crippen LogP) is 4.22. The Hall–Kier alpha value is -1.33. The summed E-state index contributed by atoms with van der Waals surface area (Å²) in [6.45, 7) is 1.79. The summed E-state index contributed by atoms with van der Waals surface area (Å²) >= 11 is 6.97. The minimum atomic E-state index is -0.00789. The molecule has 1 fully saturated rings. The van der Waals surface area contributed by atoms with Crippen molar-refractivity contribution in [2.75, 3.05) is 18.0 Å². The average molecular weight is 424 g/mol. The maximum Gasteiger partial charge on any atom is 0.251 e. The molecule has 0 radical (unpaired) electrons. The van der Waals surface area contributed by atoms with Crippen LogP contribution >= 0.6 is 31.9 Å². The second-order valence-electron chi connectivity index (χ2n) is 5.36. The van der Waals surface area contributed by atoms with Gasteiger partial charge >= 0.3 is 0 Å². The van der Waals surface area contributed by atoms with Crippen molar-refractivity contribution in [2.24, 2.45) is 0 Å². The van der Waals surface area contributed by atoms with E-state index in [1.54, 1.807) is 0 Å². The number of hydrogen-bond donors (Lipinski definition) is 1. The zero-order valence-corrected chi connectivity index (χ0v) is 15.1. The molecule has 22 heavy (non-hydrogen) atoms. The van der Waals surface area contributed by atoms with Crippen LogP contribution in [0.5, 0.6) is 0 Å². The van der Waals surface area contributed by atoms with Crippen LogP contribution in [0.2, 0.25) is 0 Å². The SMILES string of the molecule is O=C(NC1CCN(c2ccccc2Br)C1)c1ccc(Br)cc1. The lowest BCUT2D eigenvalue weighted by Gasteiger charge is -2.20. The number of para-hydroxylation sites is 1. The fourth-order valence-electron chi connectivity index (χ4n) is 2.68. The first-order valence-corrected chi connectivity index (χ1v) is 8.78. The number of nitrogens with one attached hydrogen (secondary N) is 1. The van der Waals surface area contributed by atoms with Crippen LogP contribution in [0.4, 0.5) is 5.69 Å². The number of benzene rings is 2. The molecular weight excluding hydrogens is 408 g/mol. The standard InChI is InChI=1S/C17H16Br2N2O/c18-13-7-5-12(6-8-13)17(22)20-14-9-10-21(11-14)16-4-2-1-3-15(16)19/h1-8,14H,9-11H2,(H,20,22). The number of amides is 1. The van der Waals surface area contributed by atoms with Gasteiger partial charge in [0, 0.05) is 33.6 Å². The molecule has 0 aromatic heterocycles. The van der Waals surface area contributed by atoms with E-state index < -0.39 is 0 Å². The summed E-state index contributed by atoms with van der Waals surface area (Å²) in [5.41, 5.74) is 1.88. The number of rotatable bonds is 3. The van der Waals surface area contributed by atoms with Crippen molar-refractivity contribution in [3.8, 4) is 0 Å². The Kier molecular flexibility index (Phi) is 4.84. The Labute approximate surface area is 147 Å². The number of carbonyl (C=O) groups excluding carboxylic acids is 1. The minimum Gasteiger partial charge on any atom is -0.368 e. The van der Waals surface area contributed by atoms with Crippen molar-refractivity contribution in [3.63, 3.8) is 0 Å². The summed E-state index contributed by atoms with van der Waals surface area (Å²) in [6, 6.07) is 15.8. The lowest BCUT2D eigenvalue weighted by molar-refractivity contribution is 0.0940. The van der Waals surface area contributed by atoms with Gasteiger partial charge in [0.1, 0.15) is 0 Å². The van der Waals surface area contributed by atoms with Crippen molar-refractivity contribution >= 4 is 43.5 Å². The third-order valence-electron chi connectivity index (χ3n) is 3.82. The molecule has 3 rings (SSSR count). The van der Waals surface area contributed by atoms with Gasteiger partial charge in [-0.15, -0.1) is 0 Å². The van der Waals surface area contributed by atoms with Gasteiger partial charge in [-0.05, 0) is 58.7 Å². The highest BCUT2D eigenvalue weighted by molar-refractivity contribution is 9.10. The van der Waals surface area contributed by atoms with Crippen LogP contribution in [0.3, 0.4) is 0 Å². The molecule has 1 saturated heterocycles. The second kappa shape index (κ2) is 6.84. The molecule has 1 atom stereocenters. The van der Waals surface area contributed by atoms with Gasteiger partial charge in [0.15, 0.2) is 0 Å². The molecule has 1 unspecified atom stereocenters. The summed E-state index contributed by atoms with van der Waals surface area (Å²) < 4.78 is 2.07. The Bertz CT molecular complexity index is 673. The van der Waals surface area contributed by atoms with Gasteiger partial charge in [-0.1, -0.05) is 28.1 Å². The molecule has 1 heterocycles. The highest BCUT2D eigenvalue weighted by Crippen LogP contribution is 2.28. The summed E-state index contributed by atoms with van der Waals surface area (Å²) in [4.78, 5) is 14.6. The summed E-state index contributed by atoms with van der Waals surface area (Å²) in [6.07, 6.45) is 0.962. The number of nitrogens with zero attached hydrogens (tertiary/aromatic N) is 1.